The first kappa shape index (κ1) is 9.47. The Morgan fingerprint density at radius 2 is 2.15 bits per heavy atom. The second-order valence-corrected chi connectivity index (χ2v) is 2.83. The molecule has 0 saturated carbocycles. The van der Waals surface area contributed by atoms with Gasteiger partial charge in [-0.05, 0) is 24.5 Å². The van der Waals surface area contributed by atoms with Crippen molar-refractivity contribution in [3.8, 4) is 6.07 Å². The van der Waals surface area contributed by atoms with Gasteiger partial charge >= 0.3 is 0 Å². The van der Waals surface area contributed by atoms with Gasteiger partial charge in [-0.1, -0.05) is 18.2 Å². The Balaban J connectivity index is 2.65. The molecule has 0 aliphatic carbocycles. The minimum absolute atomic E-state index is 0.569. The summed E-state index contributed by atoms with van der Waals surface area (Å²) in [6, 6.07) is 9.63. The molecule has 0 aromatic heterocycles. The molecule has 0 radical (unpaired) electrons. The van der Waals surface area contributed by atoms with Gasteiger partial charge in [0.25, 0.3) is 0 Å². The highest BCUT2D eigenvalue weighted by atomic mass is 16.1. The minimum atomic E-state index is 0.569. The number of carbonyl (C=O) groups is 1. The predicted molar refractivity (Wildman–Crippen MR) is 50.2 cm³/mol. The highest BCUT2D eigenvalue weighted by Gasteiger charge is 1.99. The van der Waals surface area contributed by atoms with E-state index >= 15 is 0 Å². The summed E-state index contributed by atoms with van der Waals surface area (Å²) in [5.41, 5.74) is 1.75. The lowest BCUT2D eigenvalue weighted by Gasteiger charge is -2.00. The molecule has 0 N–H and O–H groups in total. The third-order valence-electron chi connectivity index (χ3n) is 1.91. The van der Waals surface area contributed by atoms with Crippen LogP contribution in [0.4, 0.5) is 0 Å². The van der Waals surface area contributed by atoms with Crippen LogP contribution < -0.4 is 0 Å². The standard InChI is InChI=1S/C11H11NO/c12-9-11-7-2-1-5-10(11)6-3-4-8-13/h1-2,5,7-8H,3-4,6H2. The van der Waals surface area contributed by atoms with Crippen molar-refractivity contribution in [1.29, 1.82) is 5.26 Å². The van der Waals surface area contributed by atoms with Crippen LogP contribution in [0.1, 0.15) is 24.0 Å². The first-order valence-electron chi connectivity index (χ1n) is 4.30. The normalized spacial score (nSPS) is 9.15. The number of hydrogen-bond acceptors (Lipinski definition) is 2. The maximum absolute atomic E-state index is 10.1. The largest absolute Gasteiger partial charge is 0.303 e. The Kier molecular flexibility index (Phi) is 3.72. The van der Waals surface area contributed by atoms with E-state index in [0.717, 1.165) is 24.7 Å². The summed E-state index contributed by atoms with van der Waals surface area (Å²) in [6.45, 7) is 0. The van der Waals surface area contributed by atoms with E-state index in [1.54, 1.807) is 6.07 Å². The van der Waals surface area contributed by atoms with Crippen LogP contribution in [0.15, 0.2) is 24.3 Å². The van der Waals surface area contributed by atoms with Gasteiger partial charge in [0, 0.05) is 6.42 Å². The van der Waals surface area contributed by atoms with Gasteiger partial charge in [-0.3, -0.25) is 0 Å². The molecule has 2 nitrogen and oxygen atoms in total. The Labute approximate surface area is 77.8 Å². The summed E-state index contributed by atoms with van der Waals surface area (Å²) < 4.78 is 0. The smallest absolute Gasteiger partial charge is 0.120 e. The summed E-state index contributed by atoms with van der Waals surface area (Å²) >= 11 is 0. The number of aryl methyl sites for hydroxylation is 1. The van der Waals surface area contributed by atoms with Crippen LogP contribution in [0.3, 0.4) is 0 Å². The lowest BCUT2D eigenvalue weighted by Crippen LogP contribution is -1.90. The van der Waals surface area contributed by atoms with Crippen molar-refractivity contribution in [2.75, 3.05) is 0 Å². The molecule has 0 heterocycles. The number of aldehydes is 1. The van der Waals surface area contributed by atoms with E-state index < -0.39 is 0 Å². The van der Waals surface area contributed by atoms with Gasteiger partial charge < -0.3 is 4.79 Å². The average molecular weight is 173 g/mol. The van der Waals surface area contributed by atoms with E-state index in [1.807, 2.05) is 18.2 Å². The Hall–Kier alpha value is -1.62. The van der Waals surface area contributed by atoms with E-state index in [0.29, 0.717) is 12.0 Å². The number of hydrogen-bond donors (Lipinski definition) is 0. The second kappa shape index (κ2) is 5.10. The van der Waals surface area contributed by atoms with E-state index in [-0.39, 0.29) is 0 Å². The minimum Gasteiger partial charge on any atom is -0.303 e. The molecule has 1 aromatic rings. The summed E-state index contributed by atoms with van der Waals surface area (Å²) in [7, 11) is 0. The van der Waals surface area contributed by atoms with E-state index in [2.05, 4.69) is 6.07 Å². The van der Waals surface area contributed by atoms with Crippen molar-refractivity contribution >= 4 is 6.29 Å². The lowest BCUT2D eigenvalue weighted by molar-refractivity contribution is -0.107. The van der Waals surface area contributed by atoms with Crippen molar-refractivity contribution in [2.45, 2.75) is 19.3 Å². The molecular weight excluding hydrogens is 162 g/mol. The zero-order valence-electron chi connectivity index (χ0n) is 7.36. The lowest BCUT2D eigenvalue weighted by atomic mass is 10.0. The van der Waals surface area contributed by atoms with Crippen LogP contribution in [-0.4, -0.2) is 6.29 Å². The molecule has 0 fully saturated rings. The van der Waals surface area contributed by atoms with E-state index in [1.165, 1.54) is 0 Å². The molecule has 0 saturated heterocycles. The SMILES string of the molecule is N#Cc1ccccc1CCCC=O. The zero-order valence-corrected chi connectivity index (χ0v) is 7.36. The van der Waals surface area contributed by atoms with Crippen LogP contribution in [0.2, 0.25) is 0 Å². The zero-order chi connectivity index (χ0) is 9.52. The highest BCUT2D eigenvalue weighted by molar-refractivity contribution is 5.49. The molecule has 2 heteroatoms. The number of nitriles is 1. The Morgan fingerprint density at radius 3 is 2.85 bits per heavy atom. The summed E-state index contributed by atoms with van der Waals surface area (Å²) in [5, 5.41) is 8.76. The summed E-state index contributed by atoms with van der Waals surface area (Å²) in [6.07, 6.45) is 3.11. The molecular formula is C11H11NO. The van der Waals surface area contributed by atoms with Crippen LogP contribution in [-0.2, 0) is 11.2 Å². The highest BCUT2D eigenvalue weighted by Crippen LogP contribution is 2.10. The van der Waals surface area contributed by atoms with E-state index in [9.17, 15) is 4.79 Å². The molecule has 0 aliphatic heterocycles. The fourth-order valence-corrected chi connectivity index (χ4v) is 1.22. The van der Waals surface area contributed by atoms with Gasteiger partial charge in [-0.2, -0.15) is 5.26 Å². The van der Waals surface area contributed by atoms with Crippen LogP contribution >= 0.6 is 0 Å². The first-order chi connectivity index (χ1) is 6.38. The molecule has 66 valence electrons. The van der Waals surface area contributed by atoms with E-state index in [4.69, 9.17) is 5.26 Å². The molecule has 1 aromatic carbocycles. The Bertz CT molecular complexity index is 325. The van der Waals surface area contributed by atoms with Crippen LogP contribution in [0.25, 0.3) is 0 Å². The molecule has 13 heavy (non-hydrogen) atoms. The fourth-order valence-electron chi connectivity index (χ4n) is 1.22. The van der Waals surface area contributed by atoms with Crippen LogP contribution in [0.5, 0.6) is 0 Å². The molecule has 0 atom stereocenters. The molecule has 1 rings (SSSR count). The fraction of sp³-hybridized carbons (Fsp3) is 0.273. The quantitative estimate of drug-likeness (QED) is 0.516. The second-order valence-electron chi connectivity index (χ2n) is 2.83. The van der Waals surface area contributed by atoms with Crippen molar-refractivity contribution in [3.63, 3.8) is 0 Å². The summed E-state index contributed by atoms with van der Waals surface area (Å²) in [5.74, 6) is 0. The number of rotatable bonds is 4. The molecule has 0 bridgehead atoms. The first-order valence-corrected chi connectivity index (χ1v) is 4.30. The van der Waals surface area contributed by atoms with Crippen molar-refractivity contribution in [2.24, 2.45) is 0 Å². The topological polar surface area (TPSA) is 40.9 Å². The predicted octanol–water partition coefficient (Wildman–Crippen LogP) is 2.08. The number of carbonyl (C=O) groups excluding carboxylic acids is 1. The maximum atomic E-state index is 10.1. The number of unbranched alkanes of at least 4 members (excludes halogenated alkanes) is 1. The van der Waals surface area contributed by atoms with Crippen LogP contribution in [0, 0.1) is 11.3 Å². The van der Waals surface area contributed by atoms with Crippen molar-refractivity contribution in [1.82, 2.24) is 0 Å². The molecule has 0 unspecified atom stereocenters. The summed E-state index contributed by atoms with van der Waals surface area (Å²) in [4.78, 5) is 10.1. The Morgan fingerprint density at radius 1 is 1.38 bits per heavy atom. The van der Waals surface area contributed by atoms with Gasteiger partial charge in [0.05, 0.1) is 11.6 Å². The average Bonchev–Trinajstić information content (AvgIpc) is 2.19. The maximum Gasteiger partial charge on any atom is 0.120 e. The molecule has 0 amide bonds. The van der Waals surface area contributed by atoms with Gasteiger partial charge in [0.1, 0.15) is 6.29 Å². The number of nitrogens with zero attached hydrogens (tertiary/aromatic N) is 1. The monoisotopic (exact) mass is 173 g/mol. The van der Waals surface area contributed by atoms with Gasteiger partial charge in [-0.25, -0.2) is 0 Å². The van der Waals surface area contributed by atoms with Crippen molar-refractivity contribution in [3.05, 3.63) is 35.4 Å². The molecule has 0 aliphatic rings. The molecule has 0 spiro atoms. The van der Waals surface area contributed by atoms with Gasteiger partial charge in [0.2, 0.25) is 0 Å². The third kappa shape index (κ3) is 2.72. The third-order valence-corrected chi connectivity index (χ3v) is 1.91. The van der Waals surface area contributed by atoms with Crippen molar-refractivity contribution < 1.29 is 4.79 Å². The number of benzene rings is 1. The van der Waals surface area contributed by atoms with Gasteiger partial charge in [-0.15, -0.1) is 0 Å². The van der Waals surface area contributed by atoms with Gasteiger partial charge in [0.15, 0.2) is 0 Å².